The van der Waals surface area contributed by atoms with E-state index in [1.165, 1.54) is 0 Å². The summed E-state index contributed by atoms with van der Waals surface area (Å²) in [5.74, 6) is 4.44. The van der Waals surface area contributed by atoms with Crippen molar-refractivity contribution in [3.63, 3.8) is 0 Å². The molecule has 0 amide bonds. The summed E-state index contributed by atoms with van der Waals surface area (Å²) in [5, 5.41) is 5.45. The Morgan fingerprint density at radius 1 is 0.283 bits per heavy atom. The van der Waals surface area contributed by atoms with E-state index in [-0.39, 0.29) is 12.2 Å². The topological polar surface area (TPSA) is 55.4 Å². The van der Waals surface area contributed by atoms with Crippen molar-refractivity contribution in [1.29, 1.82) is 0 Å². The molecule has 534 valence electrons. The van der Waals surface area contributed by atoms with Gasteiger partial charge in [-0.05, 0) is 188 Å². The highest BCUT2D eigenvalue weighted by Gasteiger charge is 2.16. The van der Waals surface area contributed by atoms with Gasteiger partial charge in [-0.1, -0.05) is 214 Å². The van der Waals surface area contributed by atoms with E-state index in [1.54, 1.807) is 36.4 Å². The van der Waals surface area contributed by atoms with E-state index < -0.39 is 0 Å². The van der Waals surface area contributed by atoms with Gasteiger partial charge in [0.05, 0.1) is 68.8 Å². The molecule has 0 aliphatic carbocycles. The summed E-state index contributed by atoms with van der Waals surface area (Å²) in [6.45, 7) is 50.9. The smallest absolute Gasteiger partial charge is 0.141 e. The molecule has 0 aromatic heterocycles. The lowest BCUT2D eigenvalue weighted by atomic mass is 10.1. The quantitative estimate of drug-likeness (QED) is 0.0282. The summed E-state index contributed by atoms with van der Waals surface area (Å²) in [4.78, 5) is 0. The van der Waals surface area contributed by atoms with E-state index >= 15 is 0 Å². The van der Waals surface area contributed by atoms with Crippen molar-refractivity contribution in [3.8, 4) is 34.5 Å². The number of para-hydroxylation sites is 3. The van der Waals surface area contributed by atoms with Gasteiger partial charge in [0.25, 0.3) is 0 Å². The fraction of sp³-hybridized carbons (Fsp3) is 0.286. The van der Waals surface area contributed by atoms with Crippen LogP contribution in [-0.4, -0.2) is 38.6 Å². The van der Waals surface area contributed by atoms with Crippen LogP contribution >= 0.6 is 104 Å². The lowest BCUT2D eigenvalue weighted by Gasteiger charge is -2.18. The van der Waals surface area contributed by atoms with E-state index in [1.807, 2.05) is 141 Å². The zero-order chi connectivity index (χ0) is 73.8. The minimum absolute atomic E-state index is 0.0882. The lowest BCUT2D eigenvalue weighted by Crippen LogP contribution is -2.12. The Kier molecular flexibility index (Phi) is 51.5. The van der Waals surface area contributed by atoms with Gasteiger partial charge < -0.3 is 28.4 Å². The summed E-state index contributed by atoms with van der Waals surface area (Å²) in [6.07, 6.45) is 35.8. The number of benzene rings is 6. The second-order valence-electron chi connectivity index (χ2n) is 21.8. The van der Waals surface area contributed by atoms with Crippen molar-refractivity contribution in [2.45, 2.75) is 129 Å². The second kappa shape index (κ2) is 56.3. The zero-order valence-electron chi connectivity index (χ0n) is 57.7. The predicted molar refractivity (Wildman–Crippen MR) is 437 cm³/mol. The maximum Gasteiger partial charge on any atom is 0.141 e. The molecule has 6 rings (SSSR count). The maximum absolute atomic E-state index is 6.18. The number of allylic oxidation sites excluding steroid dienone is 10. The largest absolute Gasteiger partial charge is 0.492 e. The Morgan fingerprint density at radius 3 is 0.848 bits per heavy atom. The van der Waals surface area contributed by atoms with E-state index in [9.17, 15) is 0 Å². The number of rotatable bonds is 40. The van der Waals surface area contributed by atoms with E-state index in [0.29, 0.717) is 108 Å². The van der Waals surface area contributed by atoms with Crippen LogP contribution in [0.3, 0.4) is 0 Å². The molecule has 0 saturated heterocycles. The van der Waals surface area contributed by atoms with E-state index in [4.69, 9.17) is 133 Å². The molecule has 2 atom stereocenters. The minimum atomic E-state index is 0.0882. The zero-order valence-corrected chi connectivity index (χ0v) is 64.5. The average molecular weight is 1520 g/mol. The maximum atomic E-state index is 6.18. The van der Waals surface area contributed by atoms with Gasteiger partial charge in [-0.3, -0.25) is 0 Å². The molecule has 0 aliphatic rings. The van der Waals surface area contributed by atoms with Gasteiger partial charge in [-0.15, -0.1) is 78.9 Å². The van der Waals surface area contributed by atoms with Gasteiger partial charge in [0.1, 0.15) is 34.5 Å². The van der Waals surface area contributed by atoms with Gasteiger partial charge >= 0.3 is 0 Å². The van der Waals surface area contributed by atoms with Crippen LogP contribution in [0.5, 0.6) is 34.5 Å². The summed E-state index contributed by atoms with van der Waals surface area (Å²) in [7, 11) is 0. The van der Waals surface area contributed by atoms with Crippen LogP contribution in [0.1, 0.15) is 111 Å². The minimum Gasteiger partial charge on any atom is -0.492 e. The molecule has 99 heavy (non-hydrogen) atoms. The molecule has 15 heteroatoms. The molecule has 6 aromatic rings. The van der Waals surface area contributed by atoms with Crippen LogP contribution in [-0.2, 0) is 38.5 Å². The van der Waals surface area contributed by atoms with Crippen molar-refractivity contribution in [3.05, 3.63) is 321 Å². The van der Waals surface area contributed by atoms with Gasteiger partial charge in [0.15, 0.2) is 0 Å². The fourth-order valence-electron chi connectivity index (χ4n) is 8.80. The number of unbranched alkanes of at least 4 members (excludes halogenated alkanes) is 2. The first kappa shape index (κ1) is 90.6. The lowest BCUT2D eigenvalue weighted by molar-refractivity contribution is 0.210. The molecular formula is C84H99Cl9O6. The summed E-state index contributed by atoms with van der Waals surface area (Å²) >= 11 is 54.6. The molecule has 0 bridgehead atoms. The standard InChI is InChI=1S/C15H18Cl2O.C15H19ClO.C14H16Cl2O.C14H17ClO.C13H14Cl2O.C13H15ClO/c1-4-6-8-11(3)18-15-12(7-5-2)9-13(16)10-14(15)17;1-4-6-9-12(3)17-15-13(8-5-2)10-7-11-14(15)16;1-3-5-6-8-17-14-11(7-4-2)9-12(15)10-13(14)16;1-3-5-6-11-16-14-12(8-4-2)9-7-10-13(14)15;1-3-5-7-16-13-10(6-4-2)8-11(14)9-12(13)15;1-3-5-10-15-13-11(7-4-2)8-6-9-12(13)14/h4-5,9-11H,1-2,6-8H2,3H3;4-5,7,10-12H,1-2,6,8-9H2,3H3;3-4,9-10H,1-2,5-8H2;3-4,7,9-10H,1-2,5-6,8,11H2;3-4,8-9H,1-2,5-7H2;3-4,6,8-9H,1-2,5,7,10H2. The van der Waals surface area contributed by atoms with Gasteiger partial charge in [0.2, 0.25) is 0 Å². The molecule has 0 spiro atoms. The van der Waals surface area contributed by atoms with Crippen molar-refractivity contribution in [2.75, 3.05) is 26.4 Å². The Morgan fingerprint density at radius 2 is 0.535 bits per heavy atom. The van der Waals surface area contributed by atoms with Gasteiger partial charge in [-0.25, -0.2) is 0 Å². The normalized spacial score (nSPS) is 10.6. The molecular weight excluding hydrogens is 1420 g/mol. The molecule has 0 N–H and O–H groups in total. The van der Waals surface area contributed by atoms with E-state index in [2.05, 4.69) is 78.9 Å². The van der Waals surface area contributed by atoms with Crippen molar-refractivity contribution < 1.29 is 28.4 Å². The predicted octanol–water partition coefficient (Wildman–Crippen LogP) is 28.4. The Balaban J connectivity index is 0.000000594. The highest BCUT2D eigenvalue weighted by molar-refractivity contribution is 6.37. The molecule has 0 aliphatic heterocycles. The first-order chi connectivity index (χ1) is 47.7. The Bertz CT molecular complexity index is 3460. The number of hydrogen-bond acceptors (Lipinski definition) is 6. The fourth-order valence-corrected chi connectivity index (χ4v) is 11.3. The third-order valence-corrected chi connectivity index (χ3v) is 15.9. The highest BCUT2D eigenvalue weighted by Crippen LogP contribution is 2.37. The second-order valence-corrected chi connectivity index (χ2v) is 25.5. The third-order valence-electron chi connectivity index (χ3n) is 13.5. The number of ether oxygens (including phenoxy) is 6. The monoisotopic (exact) mass is 1520 g/mol. The Hall–Kier alpha value is -6.39. The molecule has 0 saturated carbocycles. The molecule has 6 aromatic carbocycles. The summed E-state index contributed by atoms with van der Waals surface area (Å²) < 4.78 is 34.4. The summed E-state index contributed by atoms with van der Waals surface area (Å²) in [5.41, 5.74) is 6.13. The summed E-state index contributed by atoms with van der Waals surface area (Å²) in [6, 6.07) is 28.0. The first-order valence-corrected chi connectivity index (χ1v) is 36.0. The Labute approximate surface area is 638 Å². The molecule has 0 fully saturated rings. The van der Waals surface area contributed by atoms with E-state index in [0.717, 1.165) is 134 Å². The number of hydrogen-bond donors (Lipinski definition) is 0. The SMILES string of the molecule is C=CCCC(C)Oc1c(Cl)cc(Cl)cc1CC=C.C=CCCC(C)Oc1c(Cl)cccc1CC=C.C=CCCCOc1c(Cl)cc(Cl)cc1CC=C.C=CCCCOc1c(Cl)cccc1CC=C.C=CCCOc1c(Cl)cc(Cl)cc1CC=C.C=CCCOc1c(Cl)cccc1CC=C. The molecule has 0 radical (unpaired) electrons. The molecule has 0 heterocycles. The van der Waals surface area contributed by atoms with Crippen LogP contribution in [0, 0.1) is 0 Å². The third kappa shape index (κ3) is 37.7. The van der Waals surface area contributed by atoms with Crippen LogP contribution in [0.2, 0.25) is 45.2 Å². The average Bonchev–Trinajstić information content (AvgIpc) is 0.891. The van der Waals surface area contributed by atoms with Crippen molar-refractivity contribution >= 4 is 104 Å². The molecule has 6 nitrogen and oxygen atoms in total. The molecule has 2 unspecified atom stereocenters. The number of halogens is 9. The van der Waals surface area contributed by atoms with Gasteiger partial charge in [0, 0.05) is 31.8 Å². The highest BCUT2D eigenvalue weighted by atomic mass is 35.5. The van der Waals surface area contributed by atoms with Crippen LogP contribution in [0.25, 0.3) is 0 Å². The first-order valence-electron chi connectivity index (χ1n) is 32.6. The van der Waals surface area contributed by atoms with Crippen LogP contribution < -0.4 is 28.4 Å². The van der Waals surface area contributed by atoms with Crippen molar-refractivity contribution in [1.82, 2.24) is 0 Å². The van der Waals surface area contributed by atoms with Crippen LogP contribution in [0.4, 0.5) is 0 Å². The van der Waals surface area contributed by atoms with Gasteiger partial charge in [-0.2, -0.15) is 0 Å². The van der Waals surface area contributed by atoms with Crippen LogP contribution in [0.15, 0.2) is 243 Å². The van der Waals surface area contributed by atoms with Crippen molar-refractivity contribution in [2.24, 2.45) is 0 Å².